The van der Waals surface area contributed by atoms with Gasteiger partial charge in [-0.2, -0.15) is 0 Å². The van der Waals surface area contributed by atoms with Crippen molar-refractivity contribution in [2.45, 2.75) is 44.8 Å². The van der Waals surface area contributed by atoms with Gasteiger partial charge in [0.1, 0.15) is 5.60 Å². The summed E-state index contributed by atoms with van der Waals surface area (Å²) in [5.74, 6) is -0.139. The molecule has 1 aromatic rings. The van der Waals surface area contributed by atoms with E-state index in [1.54, 1.807) is 0 Å². The molecule has 2 aliphatic heterocycles. The molecule has 3 rings (SSSR count). The van der Waals surface area contributed by atoms with Gasteiger partial charge in [0.05, 0.1) is 5.56 Å². The number of carbonyl (C=O) groups excluding carboxylic acids is 1. The van der Waals surface area contributed by atoms with Crippen molar-refractivity contribution < 1.29 is 9.53 Å². The Bertz CT molecular complexity index is 487. The number of hydrogen-bond acceptors (Lipinski definition) is 3. The quantitative estimate of drug-likeness (QED) is 0.726. The molecule has 102 valence electrons. The maximum atomic E-state index is 12.1. The largest absolute Gasteiger partial charge is 0.455 e. The highest BCUT2D eigenvalue weighted by Crippen LogP contribution is 2.36. The molecule has 0 amide bonds. The molecule has 19 heavy (non-hydrogen) atoms. The first-order chi connectivity index (χ1) is 9.10. The third-order valence-corrected chi connectivity index (χ3v) is 4.50. The van der Waals surface area contributed by atoms with E-state index in [-0.39, 0.29) is 11.6 Å². The third kappa shape index (κ3) is 2.27. The number of rotatable bonds is 1. The molecule has 3 heteroatoms. The average molecular weight is 259 g/mol. The Morgan fingerprint density at radius 2 is 1.89 bits per heavy atom. The molecule has 2 heterocycles. The fraction of sp³-hybridized carbons (Fsp3) is 0.562. The van der Waals surface area contributed by atoms with E-state index in [0.29, 0.717) is 6.04 Å². The van der Waals surface area contributed by atoms with E-state index < -0.39 is 0 Å². The number of carbonyl (C=O) groups is 1. The van der Waals surface area contributed by atoms with E-state index in [2.05, 4.69) is 24.8 Å². The lowest BCUT2D eigenvalue weighted by molar-refractivity contribution is -0.0600. The summed E-state index contributed by atoms with van der Waals surface area (Å²) in [5, 5.41) is 0. The minimum Gasteiger partial charge on any atom is -0.455 e. The highest BCUT2D eigenvalue weighted by Gasteiger charge is 2.42. The number of ether oxygens (including phenoxy) is 1. The highest BCUT2D eigenvalue weighted by atomic mass is 16.6. The van der Waals surface area contributed by atoms with E-state index in [1.165, 1.54) is 0 Å². The van der Waals surface area contributed by atoms with Crippen LogP contribution in [0.2, 0.25) is 0 Å². The minimum atomic E-state index is -0.253. The van der Waals surface area contributed by atoms with Gasteiger partial charge in [0.25, 0.3) is 0 Å². The van der Waals surface area contributed by atoms with Crippen LogP contribution in [-0.4, -0.2) is 35.6 Å². The van der Waals surface area contributed by atoms with Crippen LogP contribution >= 0.6 is 0 Å². The van der Waals surface area contributed by atoms with Gasteiger partial charge >= 0.3 is 5.97 Å². The van der Waals surface area contributed by atoms with Crippen LogP contribution in [0.1, 0.15) is 42.6 Å². The predicted molar refractivity (Wildman–Crippen MR) is 74.2 cm³/mol. The van der Waals surface area contributed by atoms with Gasteiger partial charge < -0.3 is 9.64 Å². The molecule has 0 bridgehead atoms. The maximum Gasteiger partial charge on any atom is 0.338 e. The van der Waals surface area contributed by atoms with E-state index >= 15 is 0 Å². The van der Waals surface area contributed by atoms with Gasteiger partial charge in [-0.1, -0.05) is 18.2 Å². The van der Waals surface area contributed by atoms with Crippen molar-refractivity contribution in [3.8, 4) is 0 Å². The van der Waals surface area contributed by atoms with Crippen molar-refractivity contribution in [3.05, 3.63) is 35.4 Å². The van der Waals surface area contributed by atoms with Gasteiger partial charge in [-0.15, -0.1) is 0 Å². The Kier molecular flexibility index (Phi) is 3.09. The molecule has 3 nitrogen and oxygen atoms in total. The number of esters is 1. The van der Waals surface area contributed by atoms with Crippen molar-refractivity contribution in [2.24, 2.45) is 0 Å². The lowest BCUT2D eigenvalue weighted by atomic mass is 9.81. The van der Waals surface area contributed by atoms with Crippen molar-refractivity contribution in [2.75, 3.05) is 13.1 Å². The lowest BCUT2D eigenvalue weighted by Crippen LogP contribution is -2.51. The molecule has 1 spiro atoms. The molecule has 0 unspecified atom stereocenters. The Morgan fingerprint density at radius 1 is 1.21 bits per heavy atom. The number of benzene rings is 1. The molecule has 0 atom stereocenters. The van der Waals surface area contributed by atoms with Crippen LogP contribution in [-0.2, 0) is 11.2 Å². The summed E-state index contributed by atoms with van der Waals surface area (Å²) in [6.07, 6.45) is 2.78. The first-order valence-corrected chi connectivity index (χ1v) is 7.15. The zero-order valence-corrected chi connectivity index (χ0v) is 11.7. The first kappa shape index (κ1) is 12.7. The Labute approximate surface area is 114 Å². The van der Waals surface area contributed by atoms with Crippen LogP contribution in [0.4, 0.5) is 0 Å². The second-order valence-corrected chi connectivity index (χ2v) is 6.04. The topological polar surface area (TPSA) is 29.5 Å². The van der Waals surface area contributed by atoms with E-state index in [9.17, 15) is 4.79 Å². The molecule has 0 N–H and O–H groups in total. The summed E-state index contributed by atoms with van der Waals surface area (Å²) in [6.45, 7) is 6.49. The molecule has 0 saturated carbocycles. The van der Waals surface area contributed by atoms with Gasteiger partial charge in [-0.3, -0.25) is 0 Å². The van der Waals surface area contributed by atoms with Gasteiger partial charge in [0.15, 0.2) is 0 Å². The molecular formula is C16H21NO2. The molecule has 0 aliphatic carbocycles. The van der Waals surface area contributed by atoms with E-state index in [1.807, 2.05) is 18.2 Å². The van der Waals surface area contributed by atoms with Crippen molar-refractivity contribution in [1.82, 2.24) is 4.90 Å². The number of likely N-dealkylation sites (tertiary alicyclic amines) is 1. The number of hydrogen-bond donors (Lipinski definition) is 0. The SMILES string of the molecule is CC(C)N1CCC2(CC1)Cc1ccccc1C(=O)O2. The Morgan fingerprint density at radius 3 is 2.58 bits per heavy atom. The molecule has 0 radical (unpaired) electrons. The van der Waals surface area contributed by atoms with Gasteiger partial charge in [0.2, 0.25) is 0 Å². The van der Waals surface area contributed by atoms with Crippen LogP contribution < -0.4 is 0 Å². The predicted octanol–water partition coefficient (Wildman–Crippen LogP) is 2.64. The first-order valence-electron chi connectivity index (χ1n) is 7.15. The maximum absolute atomic E-state index is 12.1. The van der Waals surface area contributed by atoms with Crippen LogP contribution in [0.5, 0.6) is 0 Å². The summed E-state index contributed by atoms with van der Waals surface area (Å²) < 4.78 is 5.80. The second-order valence-electron chi connectivity index (χ2n) is 6.04. The Balaban J connectivity index is 1.80. The average Bonchev–Trinajstić information content (AvgIpc) is 2.39. The van der Waals surface area contributed by atoms with Crippen molar-refractivity contribution in [1.29, 1.82) is 0 Å². The summed E-state index contributed by atoms with van der Waals surface area (Å²) in [5.41, 5.74) is 1.65. The van der Waals surface area contributed by atoms with Crippen LogP contribution in [0.25, 0.3) is 0 Å². The standard InChI is InChI=1S/C16H21NO2/c1-12(2)17-9-7-16(8-10-17)11-13-5-3-4-6-14(13)15(18)19-16/h3-6,12H,7-11H2,1-2H3. The zero-order valence-electron chi connectivity index (χ0n) is 11.7. The molecular weight excluding hydrogens is 238 g/mol. The summed E-state index contributed by atoms with van der Waals surface area (Å²) >= 11 is 0. The van der Waals surface area contributed by atoms with Gasteiger partial charge in [-0.05, 0) is 25.5 Å². The smallest absolute Gasteiger partial charge is 0.338 e. The second kappa shape index (κ2) is 4.64. The fourth-order valence-electron chi connectivity index (χ4n) is 3.24. The van der Waals surface area contributed by atoms with E-state index in [4.69, 9.17) is 4.74 Å². The zero-order chi connectivity index (χ0) is 13.5. The number of nitrogens with zero attached hydrogens (tertiary/aromatic N) is 1. The van der Waals surface area contributed by atoms with Gasteiger partial charge in [-0.25, -0.2) is 4.79 Å². The molecule has 1 fully saturated rings. The van der Waals surface area contributed by atoms with Crippen molar-refractivity contribution in [3.63, 3.8) is 0 Å². The summed E-state index contributed by atoms with van der Waals surface area (Å²) in [6, 6.07) is 8.41. The van der Waals surface area contributed by atoms with Crippen LogP contribution in [0, 0.1) is 0 Å². The van der Waals surface area contributed by atoms with E-state index in [0.717, 1.165) is 43.5 Å². The van der Waals surface area contributed by atoms with Crippen molar-refractivity contribution >= 4 is 5.97 Å². The minimum absolute atomic E-state index is 0.139. The number of piperidine rings is 1. The molecule has 1 saturated heterocycles. The normalized spacial score (nSPS) is 22.4. The molecule has 1 aromatic carbocycles. The monoisotopic (exact) mass is 259 g/mol. The fourth-order valence-corrected chi connectivity index (χ4v) is 3.24. The lowest BCUT2D eigenvalue weighted by Gasteiger charge is -2.44. The summed E-state index contributed by atoms with van der Waals surface area (Å²) in [4.78, 5) is 14.6. The summed E-state index contributed by atoms with van der Waals surface area (Å²) in [7, 11) is 0. The molecule has 2 aliphatic rings. The highest BCUT2D eigenvalue weighted by molar-refractivity contribution is 5.92. The number of fused-ring (bicyclic) bond motifs is 1. The Hall–Kier alpha value is -1.35. The van der Waals surface area contributed by atoms with Gasteiger partial charge in [0, 0.05) is 38.4 Å². The van der Waals surface area contributed by atoms with Crippen LogP contribution in [0.3, 0.4) is 0 Å². The molecule has 0 aromatic heterocycles. The van der Waals surface area contributed by atoms with Crippen LogP contribution in [0.15, 0.2) is 24.3 Å². The third-order valence-electron chi connectivity index (χ3n) is 4.50.